The molecule has 2 aromatic rings. The van der Waals surface area contributed by atoms with E-state index in [0.717, 1.165) is 11.3 Å². The maximum atomic E-state index is 11.1. The summed E-state index contributed by atoms with van der Waals surface area (Å²) in [4.78, 5) is 17.7. The van der Waals surface area contributed by atoms with Gasteiger partial charge in [0.05, 0.1) is 24.7 Å². The third-order valence-corrected chi connectivity index (χ3v) is 2.11. The van der Waals surface area contributed by atoms with Gasteiger partial charge >= 0.3 is 0 Å². The first-order valence-electron chi connectivity index (χ1n) is 5.07. The zero-order valence-electron chi connectivity index (χ0n) is 8.93. The standard InChI is InChI=1S/C12H12N2O2/c1-2-16-10-5-3-4-9(6-10)11-7-13-8-12(15)14-11/h3-8H,2H2,1H3,(H,14,15). The Hall–Kier alpha value is -2.10. The average molecular weight is 216 g/mol. The molecule has 0 radical (unpaired) electrons. The summed E-state index contributed by atoms with van der Waals surface area (Å²) in [6.45, 7) is 2.55. The quantitative estimate of drug-likeness (QED) is 0.851. The van der Waals surface area contributed by atoms with Crippen LogP contribution in [0.1, 0.15) is 6.92 Å². The highest BCUT2D eigenvalue weighted by Crippen LogP contribution is 2.20. The molecule has 0 atom stereocenters. The molecule has 16 heavy (non-hydrogen) atoms. The Kier molecular flexibility index (Phi) is 3.00. The van der Waals surface area contributed by atoms with E-state index in [4.69, 9.17) is 4.74 Å². The van der Waals surface area contributed by atoms with Crippen LogP contribution in [0.4, 0.5) is 0 Å². The number of H-pyrrole nitrogens is 1. The van der Waals surface area contributed by atoms with E-state index in [2.05, 4.69) is 9.97 Å². The maximum absolute atomic E-state index is 11.1. The van der Waals surface area contributed by atoms with Crippen LogP contribution in [0.3, 0.4) is 0 Å². The Balaban J connectivity index is 2.40. The molecular weight excluding hydrogens is 204 g/mol. The van der Waals surface area contributed by atoms with Crippen molar-refractivity contribution in [3.05, 3.63) is 47.0 Å². The first-order chi connectivity index (χ1) is 7.79. The summed E-state index contributed by atoms with van der Waals surface area (Å²) in [5, 5.41) is 0. The number of nitrogens with zero attached hydrogens (tertiary/aromatic N) is 1. The lowest BCUT2D eigenvalue weighted by molar-refractivity contribution is 0.340. The monoisotopic (exact) mass is 216 g/mol. The fourth-order valence-corrected chi connectivity index (χ4v) is 1.44. The number of ether oxygens (including phenoxy) is 1. The highest BCUT2D eigenvalue weighted by atomic mass is 16.5. The molecule has 4 nitrogen and oxygen atoms in total. The van der Waals surface area contributed by atoms with Crippen molar-refractivity contribution in [2.75, 3.05) is 6.61 Å². The van der Waals surface area contributed by atoms with E-state index in [9.17, 15) is 4.79 Å². The van der Waals surface area contributed by atoms with Gasteiger partial charge in [-0.05, 0) is 19.1 Å². The minimum atomic E-state index is -0.209. The van der Waals surface area contributed by atoms with Crippen LogP contribution in [0, 0.1) is 0 Å². The molecular formula is C12H12N2O2. The zero-order chi connectivity index (χ0) is 11.4. The number of rotatable bonds is 3. The minimum Gasteiger partial charge on any atom is -0.494 e. The van der Waals surface area contributed by atoms with Crippen molar-refractivity contribution in [1.29, 1.82) is 0 Å². The lowest BCUT2D eigenvalue weighted by atomic mass is 10.1. The van der Waals surface area contributed by atoms with Crippen molar-refractivity contribution in [2.45, 2.75) is 6.92 Å². The van der Waals surface area contributed by atoms with Crippen molar-refractivity contribution >= 4 is 0 Å². The van der Waals surface area contributed by atoms with Crippen LogP contribution in [0.2, 0.25) is 0 Å². The lowest BCUT2D eigenvalue weighted by Gasteiger charge is -2.05. The predicted octanol–water partition coefficient (Wildman–Crippen LogP) is 1.84. The van der Waals surface area contributed by atoms with Gasteiger partial charge in [-0.2, -0.15) is 0 Å². The van der Waals surface area contributed by atoms with E-state index in [1.54, 1.807) is 6.20 Å². The number of nitrogens with one attached hydrogen (secondary N) is 1. The lowest BCUT2D eigenvalue weighted by Crippen LogP contribution is -2.05. The molecule has 0 fully saturated rings. The van der Waals surface area contributed by atoms with Gasteiger partial charge in [0.2, 0.25) is 0 Å². The Morgan fingerprint density at radius 3 is 3.00 bits per heavy atom. The average Bonchev–Trinajstić information content (AvgIpc) is 2.30. The van der Waals surface area contributed by atoms with E-state index >= 15 is 0 Å². The topological polar surface area (TPSA) is 55.0 Å². The van der Waals surface area contributed by atoms with Crippen LogP contribution >= 0.6 is 0 Å². The van der Waals surface area contributed by atoms with Crippen molar-refractivity contribution in [3.8, 4) is 17.0 Å². The van der Waals surface area contributed by atoms with Gasteiger partial charge in [-0.25, -0.2) is 0 Å². The summed E-state index contributed by atoms with van der Waals surface area (Å²) in [7, 11) is 0. The van der Waals surface area contributed by atoms with Gasteiger partial charge in [-0.1, -0.05) is 12.1 Å². The van der Waals surface area contributed by atoms with Crippen LogP contribution in [0.5, 0.6) is 5.75 Å². The van der Waals surface area contributed by atoms with Gasteiger partial charge in [-0.15, -0.1) is 0 Å². The zero-order valence-corrected chi connectivity index (χ0v) is 8.93. The molecule has 1 heterocycles. The van der Waals surface area contributed by atoms with Crippen molar-refractivity contribution in [1.82, 2.24) is 9.97 Å². The first kappa shape index (κ1) is 10.4. The molecule has 2 rings (SSSR count). The van der Waals surface area contributed by atoms with Gasteiger partial charge in [0, 0.05) is 5.56 Å². The van der Waals surface area contributed by atoms with E-state index in [0.29, 0.717) is 12.3 Å². The Morgan fingerprint density at radius 2 is 2.25 bits per heavy atom. The van der Waals surface area contributed by atoms with Crippen LogP contribution in [-0.4, -0.2) is 16.6 Å². The van der Waals surface area contributed by atoms with Gasteiger partial charge in [0.25, 0.3) is 5.56 Å². The molecule has 0 saturated carbocycles. The third kappa shape index (κ3) is 2.28. The second-order valence-electron chi connectivity index (χ2n) is 3.27. The molecule has 82 valence electrons. The number of aromatic nitrogens is 2. The maximum Gasteiger partial charge on any atom is 0.266 e. The number of hydrogen-bond acceptors (Lipinski definition) is 3. The van der Waals surface area contributed by atoms with Gasteiger partial charge in [0.15, 0.2) is 0 Å². The number of benzene rings is 1. The highest BCUT2D eigenvalue weighted by molar-refractivity contribution is 5.59. The molecule has 4 heteroatoms. The van der Waals surface area contributed by atoms with Crippen LogP contribution in [0.25, 0.3) is 11.3 Å². The fourth-order valence-electron chi connectivity index (χ4n) is 1.44. The molecule has 0 spiro atoms. The molecule has 0 unspecified atom stereocenters. The van der Waals surface area contributed by atoms with Crippen LogP contribution in [0.15, 0.2) is 41.5 Å². The molecule has 0 amide bonds. The molecule has 0 aliphatic heterocycles. The van der Waals surface area contributed by atoms with Crippen molar-refractivity contribution < 1.29 is 4.74 Å². The summed E-state index contributed by atoms with van der Waals surface area (Å²) in [6.07, 6.45) is 2.86. The van der Waals surface area contributed by atoms with Crippen LogP contribution < -0.4 is 10.3 Å². The smallest absolute Gasteiger partial charge is 0.266 e. The van der Waals surface area contributed by atoms with Crippen molar-refractivity contribution in [3.63, 3.8) is 0 Å². The third-order valence-electron chi connectivity index (χ3n) is 2.11. The minimum absolute atomic E-state index is 0.209. The molecule has 1 N–H and O–H groups in total. The highest BCUT2D eigenvalue weighted by Gasteiger charge is 2.00. The van der Waals surface area contributed by atoms with Gasteiger partial charge in [-0.3, -0.25) is 9.78 Å². The van der Waals surface area contributed by atoms with E-state index in [1.165, 1.54) is 6.20 Å². The van der Waals surface area contributed by atoms with E-state index in [1.807, 2.05) is 31.2 Å². The number of aromatic amines is 1. The predicted molar refractivity (Wildman–Crippen MR) is 61.5 cm³/mol. The first-order valence-corrected chi connectivity index (χ1v) is 5.07. The Bertz CT molecular complexity index is 534. The largest absolute Gasteiger partial charge is 0.494 e. The fraction of sp³-hybridized carbons (Fsp3) is 0.167. The molecule has 0 bridgehead atoms. The van der Waals surface area contributed by atoms with Gasteiger partial charge < -0.3 is 9.72 Å². The van der Waals surface area contributed by atoms with Gasteiger partial charge in [0.1, 0.15) is 5.75 Å². The summed E-state index contributed by atoms with van der Waals surface area (Å²) in [6, 6.07) is 7.53. The summed E-state index contributed by atoms with van der Waals surface area (Å²) >= 11 is 0. The summed E-state index contributed by atoms with van der Waals surface area (Å²) in [5.41, 5.74) is 1.37. The molecule has 0 saturated heterocycles. The normalized spacial score (nSPS) is 10.1. The summed E-state index contributed by atoms with van der Waals surface area (Å²) < 4.78 is 5.39. The number of hydrogen-bond donors (Lipinski definition) is 1. The van der Waals surface area contributed by atoms with E-state index in [-0.39, 0.29) is 5.56 Å². The van der Waals surface area contributed by atoms with Crippen molar-refractivity contribution in [2.24, 2.45) is 0 Å². The second-order valence-corrected chi connectivity index (χ2v) is 3.27. The molecule has 1 aromatic carbocycles. The Labute approximate surface area is 92.9 Å². The SMILES string of the molecule is CCOc1cccc(-c2cncc(=O)[nH]2)c1. The van der Waals surface area contributed by atoms with Crippen LogP contribution in [-0.2, 0) is 0 Å². The summed E-state index contributed by atoms with van der Waals surface area (Å²) in [5.74, 6) is 0.782. The molecule has 0 aliphatic carbocycles. The molecule has 1 aromatic heterocycles. The molecule has 0 aliphatic rings. The Morgan fingerprint density at radius 1 is 1.38 bits per heavy atom. The van der Waals surface area contributed by atoms with E-state index < -0.39 is 0 Å². The second kappa shape index (κ2) is 4.61.